The molecule has 116 valence electrons. The van der Waals surface area contributed by atoms with E-state index in [2.05, 4.69) is 15.0 Å². The van der Waals surface area contributed by atoms with E-state index in [1.165, 1.54) is 18.3 Å². The molecule has 0 saturated heterocycles. The number of nitrogens with zero attached hydrogens (tertiary/aromatic N) is 2. The number of nitrogens with one attached hydrogen (secondary N) is 1. The number of primary amides is 1. The van der Waals surface area contributed by atoms with Crippen LogP contribution in [0, 0.1) is 12.7 Å². The second kappa shape index (κ2) is 5.53. The number of nitrogens with two attached hydrogens (primary N) is 2. The lowest BCUT2D eigenvalue weighted by molar-refractivity contribution is 0.100. The monoisotopic (exact) mass is 311 g/mol. The zero-order valence-electron chi connectivity index (χ0n) is 12.3. The first-order chi connectivity index (χ1) is 11.0. The minimum absolute atomic E-state index is 0.122. The lowest BCUT2D eigenvalue weighted by atomic mass is 10.0. The number of rotatable bonds is 3. The standard InChI is InChI=1S/C16H14FN5O/c1-8-6-9(17)2-3-10(8)14-11(15(18)23)7-13(21-14)12-4-5-20-16(19)22-12/h2-7,21H,1H3,(H2,18,23)(H2,19,20,22). The summed E-state index contributed by atoms with van der Waals surface area (Å²) in [5.41, 5.74) is 14.3. The van der Waals surface area contributed by atoms with Gasteiger partial charge in [0.05, 0.1) is 22.6 Å². The minimum atomic E-state index is -0.590. The Morgan fingerprint density at radius 3 is 2.70 bits per heavy atom. The summed E-state index contributed by atoms with van der Waals surface area (Å²) in [5, 5.41) is 0. The lowest BCUT2D eigenvalue weighted by Gasteiger charge is -2.06. The van der Waals surface area contributed by atoms with E-state index in [9.17, 15) is 9.18 Å². The van der Waals surface area contributed by atoms with Gasteiger partial charge < -0.3 is 16.5 Å². The summed E-state index contributed by atoms with van der Waals surface area (Å²) in [6, 6.07) is 7.58. The molecule has 1 amide bonds. The molecule has 0 bridgehead atoms. The predicted molar refractivity (Wildman–Crippen MR) is 84.9 cm³/mol. The van der Waals surface area contributed by atoms with Crippen molar-refractivity contribution in [2.45, 2.75) is 6.92 Å². The molecule has 0 aliphatic heterocycles. The van der Waals surface area contributed by atoms with Gasteiger partial charge in [-0.25, -0.2) is 14.4 Å². The van der Waals surface area contributed by atoms with Crippen LogP contribution in [0.3, 0.4) is 0 Å². The van der Waals surface area contributed by atoms with E-state index < -0.39 is 5.91 Å². The largest absolute Gasteiger partial charge is 0.368 e. The Bertz CT molecular complexity index is 903. The number of aromatic amines is 1. The van der Waals surface area contributed by atoms with Crippen LogP contribution in [0.4, 0.5) is 10.3 Å². The van der Waals surface area contributed by atoms with Gasteiger partial charge in [-0.1, -0.05) is 0 Å². The maximum atomic E-state index is 13.3. The normalized spacial score (nSPS) is 10.7. The van der Waals surface area contributed by atoms with Crippen molar-refractivity contribution in [2.75, 3.05) is 5.73 Å². The van der Waals surface area contributed by atoms with Crippen LogP contribution < -0.4 is 11.5 Å². The van der Waals surface area contributed by atoms with Crippen molar-refractivity contribution in [2.24, 2.45) is 5.73 Å². The Balaban J connectivity index is 2.19. The quantitative estimate of drug-likeness (QED) is 0.689. The van der Waals surface area contributed by atoms with Crippen molar-refractivity contribution in [1.82, 2.24) is 15.0 Å². The number of H-pyrrole nitrogens is 1. The molecule has 2 aromatic heterocycles. The van der Waals surface area contributed by atoms with Crippen LogP contribution >= 0.6 is 0 Å². The van der Waals surface area contributed by atoms with Gasteiger partial charge in [0.15, 0.2) is 0 Å². The molecule has 0 aliphatic rings. The average molecular weight is 311 g/mol. The number of aryl methyl sites for hydroxylation is 1. The third-order valence-electron chi connectivity index (χ3n) is 3.49. The fourth-order valence-corrected chi connectivity index (χ4v) is 2.43. The van der Waals surface area contributed by atoms with E-state index >= 15 is 0 Å². The lowest BCUT2D eigenvalue weighted by Crippen LogP contribution is -2.11. The Labute approximate surface area is 131 Å². The number of nitrogen functional groups attached to an aromatic ring is 1. The van der Waals surface area contributed by atoms with Crippen LogP contribution in [-0.2, 0) is 0 Å². The van der Waals surface area contributed by atoms with Crippen molar-refractivity contribution in [1.29, 1.82) is 0 Å². The van der Waals surface area contributed by atoms with Crippen LogP contribution in [0.25, 0.3) is 22.6 Å². The van der Waals surface area contributed by atoms with Crippen LogP contribution in [0.15, 0.2) is 36.5 Å². The molecule has 3 rings (SSSR count). The zero-order chi connectivity index (χ0) is 16.6. The highest BCUT2D eigenvalue weighted by molar-refractivity contribution is 6.01. The summed E-state index contributed by atoms with van der Waals surface area (Å²) < 4.78 is 13.3. The molecular weight excluding hydrogens is 297 g/mol. The number of halogens is 1. The summed E-state index contributed by atoms with van der Waals surface area (Å²) in [7, 11) is 0. The number of aromatic nitrogens is 3. The topological polar surface area (TPSA) is 111 Å². The summed E-state index contributed by atoms with van der Waals surface area (Å²) in [6.45, 7) is 1.76. The number of amides is 1. The maximum Gasteiger partial charge on any atom is 0.250 e. The van der Waals surface area contributed by atoms with Gasteiger partial charge in [0.2, 0.25) is 5.95 Å². The number of hydrogen-bond donors (Lipinski definition) is 3. The van der Waals surface area contributed by atoms with Crippen molar-refractivity contribution >= 4 is 11.9 Å². The molecular formula is C16H14FN5O. The third kappa shape index (κ3) is 2.76. The fraction of sp³-hybridized carbons (Fsp3) is 0.0625. The highest BCUT2D eigenvalue weighted by Crippen LogP contribution is 2.30. The minimum Gasteiger partial charge on any atom is -0.368 e. The molecule has 0 aliphatic carbocycles. The second-order valence-corrected chi connectivity index (χ2v) is 5.10. The molecule has 0 unspecified atom stereocenters. The molecule has 23 heavy (non-hydrogen) atoms. The van der Waals surface area contributed by atoms with Gasteiger partial charge >= 0.3 is 0 Å². The molecule has 5 N–H and O–H groups in total. The highest BCUT2D eigenvalue weighted by Gasteiger charge is 2.17. The van der Waals surface area contributed by atoms with E-state index in [4.69, 9.17) is 11.5 Å². The Morgan fingerprint density at radius 1 is 1.26 bits per heavy atom. The molecule has 3 aromatic rings. The highest BCUT2D eigenvalue weighted by atomic mass is 19.1. The number of anilines is 1. The van der Waals surface area contributed by atoms with Gasteiger partial charge in [0.1, 0.15) is 5.82 Å². The maximum absolute atomic E-state index is 13.3. The van der Waals surface area contributed by atoms with Crippen molar-refractivity contribution < 1.29 is 9.18 Å². The van der Waals surface area contributed by atoms with Crippen molar-refractivity contribution in [3.8, 4) is 22.6 Å². The van der Waals surface area contributed by atoms with E-state index in [0.29, 0.717) is 33.8 Å². The summed E-state index contributed by atoms with van der Waals surface area (Å²) in [6.07, 6.45) is 1.52. The SMILES string of the molecule is Cc1cc(F)ccc1-c1[nH]c(-c2ccnc(N)n2)cc1C(N)=O. The molecule has 6 nitrogen and oxygen atoms in total. The molecule has 1 aromatic carbocycles. The molecule has 7 heteroatoms. The van der Waals surface area contributed by atoms with Crippen molar-refractivity contribution in [3.05, 3.63) is 53.5 Å². The smallest absolute Gasteiger partial charge is 0.250 e. The van der Waals surface area contributed by atoms with Crippen molar-refractivity contribution in [3.63, 3.8) is 0 Å². The first-order valence-electron chi connectivity index (χ1n) is 6.84. The Kier molecular flexibility index (Phi) is 3.53. The second-order valence-electron chi connectivity index (χ2n) is 5.10. The van der Waals surface area contributed by atoms with Gasteiger partial charge in [-0.3, -0.25) is 4.79 Å². The summed E-state index contributed by atoms with van der Waals surface area (Å²) in [5.74, 6) is -0.812. The molecule has 0 fully saturated rings. The van der Waals surface area contributed by atoms with Crippen LogP contribution in [0.1, 0.15) is 15.9 Å². The Morgan fingerprint density at radius 2 is 2.04 bits per heavy atom. The molecule has 2 heterocycles. The van der Waals surface area contributed by atoms with E-state index in [-0.39, 0.29) is 11.8 Å². The van der Waals surface area contributed by atoms with Gasteiger partial charge in [-0.05, 0) is 42.8 Å². The number of benzene rings is 1. The van der Waals surface area contributed by atoms with Crippen LogP contribution in [0.5, 0.6) is 0 Å². The molecule has 0 saturated carbocycles. The van der Waals surface area contributed by atoms with E-state index in [1.807, 2.05) is 0 Å². The van der Waals surface area contributed by atoms with Gasteiger partial charge in [-0.15, -0.1) is 0 Å². The predicted octanol–water partition coefficient (Wildman–Crippen LogP) is 2.27. The van der Waals surface area contributed by atoms with Gasteiger partial charge in [0.25, 0.3) is 5.91 Å². The third-order valence-corrected chi connectivity index (χ3v) is 3.49. The van der Waals surface area contributed by atoms with E-state index in [1.54, 1.807) is 25.1 Å². The summed E-state index contributed by atoms with van der Waals surface area (Å²) in [4.78, 5) is 22.8. The number of carbonyl (C=O) groups excluding carboxylic acids is 1. The molecule has 0 spiro atoms. The first-order valence-corrected chi connectivity index (χ1v) is 6.84. The summed E-state index contributed by atoms with van der Waals surface area (Å²) >= 11 is 0. The molecule has 0 radical (unpaired) electrons. The average Bonchev–Trinajstić information content (AvgIpc) is 2.92. The van der Waals surface area contributed by atoms with E-state index in [0.717, 1.165) is 0 Å². The fourth-order valence-electron chi connectivity index (χ4n) is 2.43. The van der Waals surface area contributed by atoms with Crippen LogP contribution in [-0.4, -0.2) is 20.9 Å². The Hall–Kier alpha value is -3.22. The van der Waals surface area contributed by atoms with Gasteiger partial charge in [-0.2, -0.15) is 0 Å². The van der Waals surface area contributed by atoms with Crippen LogP contribution in [0.2, 0.25) is 0 Å². The van der Waals surface area contributed by atoms with Gasteiger partial charge in [0, 0.05) is 11.8 Å². The first kappa shape index (κ1) is 14.7. The molecule has 0 atom stereocenters. The zero-order valence-corrected chi connectivity index (χ0v) is 12.3. The number of carbonyl (C=O) groups is 1. The number of hydrogen-bond acceptors (Lipinski definition) is 4.